The van der Waals surface area contributed by atoms with E-state index in [0.717, 1.165) is 25.3 Å². The van der Waals surface area contributed by atoms with Crippen molar-refractivity contribution in [2.24, 2.45) is 0 Å². The Morgan fingerprint density at radius 3 is 3.15 bits per heavy atom. The highest BCUT2D eigenvalue weighted by atomic mass is 15.2. The Hall–Kier alpha value is -1.03. The summed E-state index contributed by atoms with van der Waals surface area (Å²) < 4.78 is 0. The third kappa shape index (κ3) is 1.31. The van der Waals surface area contributed by atoms with Crippen molar-refractivity contribution in [1.29, 1.82) is 0 Å². The SMILES string of the molecule is C1Cc2[nH]nc(NC3CC3)c2CN1. The Morgan fingerprint density at radius 1 is 1.38 bits per heavy atom. The molecule has 0 aromatic carbocycles. The summed E-state index contributed by atoms with van der Waals surface area (Å²) in [5, 5.41) is 14.2. The van der Waals surface area contributed by atoms with Crippen LogP contribution in [0.3, 0.4) is 0 Å². The quantitative estimate of drug-likeness (QED) is 0.622. The van der Waals surface area contributed by atoms with Crippen LogP contribution < -0.4 is 10.6 Å². The first-order valence-corrected chi connectivity index (χ1v) is 4.97. The van der Waals surface area contributed by atoms with Gasteiger partial charge in [-0.3, -0.25) is 5.10 Å². The van der Waals surface area contributed by atoms with Gasteiger partial charge in [0.2, 0.25) is 0 Å². The highest BCUT2D eigenvalue weighted by Gasteiger charge is 2.24. The fraction of sp³-hybridized carbons (Fsp3) is 0.667. The van der Waals surface area contributed by atoms with Gasteiger partial charge in [-0.05, 0) is 12.8 Å². The van der Waals surface area contributed by atoms with Crippen LogP contribution in [0, 0.1) is 0 Å². The third-order valence-corrected chi connectivity index (χ3v) is 2.72. The Labute approximate surface area is 77.1 Å². The van der Waals surface area contributed by atoms with E-state index in [9.17, 15) is 0 Å². The van der Waals surface area contributed by atoms with Crippen molar-refractivity contribution in [3.8, 4) is 0 Å². The van der Waals surface area contributed by atoms with Crippen LogP contribution in [0.5, 0.6) is 0 Å². The lowest BCUT2D eigenvalue weighted by Gasteiger charge is -2.13. The van der Waals surface area contributed by atoms with Gasteiger partial charge in [0, 0.05) is 36.8 Å². The number of H-pyrrole nitrogens is 1. The van der Waals surface area contributed by atoms with Gasteiger partial charge in [0.05, 0.1) is 0 Å². The van der Waals surface area contributed by atoms with Gasteiger partial charge in [0.15, 0.2) is 5.82 Å². The van der Waals surface area contributed by atoms with E-state index in [2.05, 4.69) is 20.8 Å². The van der Waals surface area contributed by atoms with Gasteiger partial charge in [-0.2, -0.15) is 5.10 Å². The largest absolute Gasteiger partial charge is 0.366 e. The molecule has 0 bridgehead atoms. The fourth-order valence-electron chi connectivity index (χ4n) is 1.77. The number of aromatic amines is 1. The van der Waals surface area contributed by atoms with Crippen molar-refractivity contribution in [3.63, 3.8) is 0 Å². The fourth-order valence-corrected chi connectivity index (χ4v) is 1.77. The summed E-state index contributed by atoms with van der Waals surface area (Å²) in [4.78, 5) is 0. The maximum atomic E-state index is 4.30. The van der Waals surface area contributed by atoms with E-state index in [1.165, 1.54) is 24.1 Å². The van der Waals surface area contributed by atoms with Gasteiger partial charge < -0.3 is 10.6 Å². The molecule has 13 heavy (non-hydrogen) atoms. The van der Waals surface area contributed by atoms with Crippen LogP contribution in [0.25, 0.3) is 0 Å². The number of rotatable bonds is 2. The standard InChI is InChI=1S/C9H14N4/c1-2-6(1)11-9-7-5-10-4-3-8(7)12-13-9/h6,10H,1-5H2,(H2,11,12,13). The van der Waals surface area contributed by atoms with Crippen molar-refractivity contribution in [1.82, 2.24) is 15.5 Å². The molecule has 70 valence electrons. The summed E-state index contributed by atoms with van der Waals surface area (Å²) in [5.74, 6) is 1.07. The van der Waals surface area contributed by atoms with E-state index in [1.807, 2.05) is 0 Å². The molecule has 1 aliphatic heterocycles. The first-order valence-electron chi connectivity index (χ1n) is 4.97. The lowest BCUT2D eigenvalue weighted by atomic mass is 10.1. The van der Waals surface area contributed by atoms with E-state index in [1.54, 1.807) is 0 Å². The van der Waals surface area contributed by atoms with Crippen LogP contribution in [-0.4, -0.2) is 22.8 Å². The number of nitrogens with zero attached hydrogens (tertiary/aromatic N) is 1. The lowest BCUT2D eigenvalue weighted by Crippen LogP contribution is -2.23. The van der Waals surface area contributed by atoms with Crippen molar-refractivity contribution >= 4 is 5.82 Å². The van der Waals surface area contributed by atoms with Gasteiger partial charge in [0.1, 0.15) is 0 Å². The van der Waals surface area contributed by atoms with Crippen LogP contribution in [-0.2, 0) is 13.0 Å². The van der Waals surface area contributed by atoms with Gasteiger partial charge in [-0.15, -0.1) is 0 Å². The summed E-state index contributed by atoms with van der Waals surface area (Å²) in [6.45, 7) is 2.03. The molecule has 3 rings (SSSR count). The molecule has 1 saturated carbocycles. The van der Waals surface area contributed by atoms with E-state index in [-0.39, 0.29) is 0 Å². The van der Waals surface area contributed by atoms with Crippen LogP contribution in [0.4, 0.5) is 5.82 Å². The molecular formula is C9H14N4. The summed E-state index contributed by atoms with van der Waals surface area (Å²) in [6, 6.07) is 0.689. The zero-order valence-corrected chi connectivity index (χ0v) is 7.56. The van der Waals surface area contributed by atoms with E-state index in [4.69, 9.17) is 0 Å². The molecule has 0 spiro atoms. The number of fused-ring (bicyclic) bond motifs is 1. The van der Waals surface area contributed by atoms with E-state index >= 15 is 0 Å². The molecule has 1 aromatic rings. The maximum absolute atomic E-state index is 4.30. The first kappa shape index (κ1) is 7.38. The average Bonchev–Trinajstić information content (AvgIpc) is 2.88. The Balaban J connectivity index is 1.86. The molecule has 4 nitrogen and oxygen atoms in total. The summed E-state index contributed by atoms with van der Waals surface area (Å²) in [5.41, 5.74) is 2.65. The molecule has 0 atom stereocenters. The molecule has 0 radical (unpaired) electrons. The lowest BCUT2D eigenvalue weighted by molar-refractivity contribution is 0.637. The van der Waals surface area contributed by atoms with Gasteiger partial charge >= 0.3 is 0 Å². The zero-order chi connectivity index (χ0) is 8.67. The predicted molar refractivity (Wildman–Crippen MR) is 50.6 cm³/mol. The van der Waals surface area contributed by atoms with E-state index in [0.29, 0.717) is 6.04 Å². The second-order valence-electron chi connectivity index (χ2n) is 3.87. The van der Waals surface area contributed by atoms with Crippen molar-refractivity contribution in [2.45, 2.75) is 31.8 Å². The van der Waals surface area contributed by atoms with Crippen LogP contribution in [0.2, 0.25) is 0 Å². The van der Waals surface area contributed by atoms with Gasteiger partial charge in [-0.25, -0.2) is 0 Å². The predicted octanol–water partition coefficient (Wildman–Crippen LogP) is 0.630. The second kappa shape index (κ2) is 2.73. The smallest absolute Gasteiger partial charge is 0.152 e. The molecule has 4 heteroatoms. The highest BCUT2D eigenvalue weighted by Crippen LogP contribution is 2.27. The number of hydrogen-bond acceptors (Lipinski definition) is 3. The summed E-state index contributed by atoms with van der Waals surface area (Å²) in [6.07, 6.45) is 3.68. The molecule has 0 saturated heterocycles. The van der Waals surface area contributed by atoms with Crippen molar-refractivity contribution in [2.75, 3.05) is 11.9 Å². The van der Waals surface area contributed by atoms with E-state index < -0.39 is 0 Å². The molecule has 0 amide bonds. The maximum Gasteiger partial charge on any atom is 0.152 e. The minimum atomic E-state index is 0.689. The Kier molecular flexibility index (Phi) is 1.55. The molecule has 2 heterocycles. The average molecular weight is 178 g/mol. The minimum Gasteiger partial charge on any atom is -0.366 e. The minimum absolute atomic E-state index is 0.689. The second-order valence-corrected chi connectivity index (χ2v) is 3.87. The Morgan fingerprint density at radius 2 is 2.31 bits per heavy atom. The monoisotopic (exact) mass is 178 g/mol. The zero-order valence-electron chi connectivity index (χ0n) is 7.56. The summed E-state index contributed by atoms with van der Waals surface area (Å²) in [7, 11) is 0. The van der Waals surface area contributed by atoms with Gasteiger partial charge in [-0.1, -0.05) is 0 Å². The molecule has 2 aliphatic rings. The van der Waals surface area contributed by atoms with Crippen molar-refractivity contribution < 1.29 is 0 Å². The highest BCUT2D eigenvalue weighted by molar-refractivity contribution is 5.48. The number of anilines is 1. The normalized spacial score (nSPS) is 21.2. The Bertz CT molecular complexity index is 313. The molecule has 1 aromatic heterocycles. The number of nitrogens with one attached hydrogen (secondary N) is 3. The van der Waals surface area contributed by atoms with Crippen LogP contribution >= 0.6 is 0 Å². The molecule has 1 fully saturated rings. The molecule has 1 aliphatic carbocycles. The molecular weight excluding hydrogens is 164 g/mol. The number of hydrogen-bond donors (Lipinski definition) is 3. The molecule has 0 unspecified atom stereocenters. The molecule has 3 N–H and O–H groups in total. The van der Waals surface area contributed by atoms with Crippen LogP contribution in [0.15, 0.2) is 0 Å². The third-order valence-electron chi connectivity index (χ3n) is 2.72. The van der Waals surface area contributed by atoms with Crippen molar-refractivity contribution in [3.05, 3.63) is 11.3 Å². The summed E-state index contributed by atoms with van der Waals surface area (Å²) >= 11 is 0. The first-order chi connectivity index (χ1) is 6.43. The number of aromatic nitrogens is 2. The van der Waals surface area contributed by atoms with Crippen LogP contribution in [0.1, 0.15) is 24.1 Å². The topological polar surface area (TPSA) is 52.7 Å². The van der Waals surface area contributed by atoms with Gasteiger partial charge in [0.25, 0.3) is 0 Å².